The monoisotopic (exact) mass is 892 g/mol. The van der Waals surface area contributed by atoms with Crippen LogP contribution in [0.4, 0.5) is 17.1 Å². The molecule has 2 aliphatic rings. The molecule has 1 nitrogen and oxygen atoms in total. The van der Waals surface area contributed by atoms with Gasteiger partial charge in [-0.2, -0.15) is 0 Å². The molecule has 2 atom stereocenters. The fourth-order valence-electron chi connectivity index (χ4n) is 11.1. The van der Waals surface area contributed by atoms with Crippen molar-refractivity contribution in [2.24, 2.45) is 0 Å². The van der Waals surface area contributed by atoms with E-state index in [1.807, 2.05) is 170 Å². The minimum absolute atomic E-state index is 0.0755. The maximum atomic E-state index is 9.42. The van der Waals surface area contributed by atoms with Crippen LogP contribution in [0, 0.1) is 0 Å². The van der Waals surface area contributed by atoms with Gasteiger partial charge < -0.3 is 4.90 Å². The zero-order valence-electron chi connectivity index (χ0n) is 51.9. The first-order valence-electron chi connectivity index (χ1n) is 30.3. The molecule has 0 heterocycles. The summed E-state index contributed by atoms with van der Waals surface area (Å²) in [4.78, 5) is 1.66. The fourth-order valence-corrected chi connectivity index (χ4v) is 11.1. The third kappa shape index (κ3) is 6.32. The topological polar surface area (TPSA) is 3.24 Å². The maximum absolute atomic E-state index is 9.42. The highest BCUT2D eigenvalue weighted by Gasteiger charge is 2.48. The van der Waals surface area contributed by atoms with Crippen molar-refractivity contribution in [2.45, 2.75) is 10.8 Å². The van der Waals surface area contributed by atoms with Gasteiger partial charge in [0.1, 0.15) is 0 Å². The van der Waals surface area contributed by atoms with E-state index in [2.05, 4.69) is 12.1 Å². The lowest BCUT2D eigenvalue weighted by Gasteiger charge is -2.35. The lowest BCUT2D eigenvalue weighted by Crippen LogP contribution is -2.29. The van der Waals surface area contributed by atoms with Crippen molar-refractivity contribution in [2.75, 3.05) is 4.90 Å². The summed E-state index contributed by atoms with van der Waals surface area (Å²) >= 11 is 0. The molecule has 0 saturated heterocycles. The number of anilines is 3. The lowest BCUT2D eigenvalue weighted by molar-refractivity contribution is 0.768. The SMILES string of the molecule is [2H]c1c([2H])c([2H])c(-c2ccc3c(c2)C(c2ccccc2)(c2ccc(N(c4ccc(C5(c6ccccc6)c6ccccc6-c6ccc(-c7c([2H])c([2H])c([2H])c([2H])c7[2H])cc65)cc4)c4c([2H])c([2H])c([2H])c([2H])c4[2H])cc2)c2ccccc2-3)c([2H])c1[2H]. The van der Waals surface area contributed by atoms with Crippen molar-refractivity contribution < 1.29 is 20.6 Å². The van der Waals surface area contributed by atoms with E-state index in [9.17, 15) is 2.74 Å². The molecule has 0 N–H and O–H groups in total. The predicted molar refractivity (Wildman–Crippen MR) is 287 cm³/mol. The Labute approximate surface area is 426 Å². The Morgan fingerprint density at radius 2 is 0.609 bits per heavy atom. The Balaban J connectivity index is 1.02. The highest BCUT2D eigenvalue weighted by atomic mass is 15.1. The van der Waals surface area contributed by atoms with Crippen LogP contribution in [0.15, 0.2) is 285 Å². The van der Waals surface area contributed by atoms with Crippen LogP contribution >= 0.6 is 0 Å². The first-order chi connectivity index (χ1) is 40.4. The van der Waals surface area contributed by atoms with Crippen LogP contribution in [0.5, 0.6) is 0 Å². The van der Waals surface area contributed by atoms with Crippen LogP contribution in [0.3, 0.4) is 0 Å². The van der Waals surface area contributed by atoms with E-state index in [4.69, 9.17) is 17.8 Å². The number of hydrogen-bond donors (Lipinski definition) is 0. The van der Waals surface area contributed by atoms with Gasteiger partial charge in [-0.3, -0.25) is 0 Å². The number of nitrogens with zero attached hydrogens (tertiary/aromatic N) is 1. The van der Waals surface area contributed by atoms with Crippen LogP contribution in [0.25, 0.3) is 44.5 Å². The van der Waals surface area contributed by atoms with Gasteiger partial charge in [0.25, 0.3) is 0 Å². The molecular formula is C68H47N. The standard InChI is InChI=1S/C68H47N/c1-6-20-48(21-7-1)50-34-44-61-59-30-16-18-32-63(59)67(65(61)46-50,52-24-10-3-11-25-52)54-36-40-57(41-37-54)69(56-28-14-5-15-29-56)58-42-38-55(39-43-58)68(53-26-12-4-13-27-53)64-33-19-17-31-60(64)62-45-35-51(47-66(62)68)49-22-8-2-9-23-49/h1-47H/i1D,2D,5D,6D,7D,8D,9D,14D,15D,20D,21D,22D,23D,28D,29D. The highest BCUT2D eigenvalue weighted by molar-refractivity contribution is 5.91. The second kappa shape index (κ2) is 16.5. The van der Waals surface area contributed by atoms with Gasteiger partial charge in [-0.15, -0.1) is 0 Å². The van der Waals surface area contributed by atoms with Crippen LogP contribution in [0.1, 0.15) is 65.1 Å². The summed E-state index contributed by atoms with van der Waals surface area (Å²) in [5.74, 6) is 0. The van der Waals surface area contributed by atoms with Crippen LogP contribution in [-0.2, 0) is 10.8 Å². The first kappa shape index (κ1) is 27.8. The van der Waals surface area contributed by atoms with Gasteiger partial charge in [0.05, 0.1) is 31.4 Å². The van der Waals surface area contributed by atoms with Gasteiger partial charge in [-0.25, -0.2) is 0 Å². The average molecular weight is 893 g/mol. The molecule has 69 heavy (non-hydrogen) atoms. The minimum Gasteiger partial charge on any atom is -0.311 e. The van der Waals surface area contributed by atoms with Gasteiger partial charge in [-0.1, -0.05) is 236 Å². The second-order valence-corrected chi connectivity index (χ2v) is 17.2. The molecule has 0 bridgehead atoms. The molecule has 0 radical (unpaired) electrons. The van der Waals surface area contributed by atoms with E-state index < -0.39 is 77.3 Å². The molecule has 11 aromatic carbocycles. The summed E-state index contributed by atoms with van der Waals surface area (Å²) < 4.78 is 132. The molecular weight excluding hydrogens is 831 g/mol. The summed E-state index contributed by atoms with van der Waals surface area (Å²) in [5, 5.41) is 0. The normalized spacial score (nSPS) is 19.3. The molecule has 0 saturated carbocycles. The Kier molecular flexibility index (Phi) is 6.65. The number of rotatable bonds is 9. The smallest absolute Gasteiger partial charge is 0.0713 e. The average Bonchev–Trinajstić information content (AvgIpc) is 1.63. The first-order valence-corrected chi connectivity index (χ1v) is 22.8. The number of fused-ring (bicyclic) bond motifs is 6. The van der Waals surface area contributed by atoms with Crippen LogP contribution in [0.2, 0.25) is 0 Å². The molecule has 11 aromatic rings. The van der Waals surface area contributed by atoms with E-state index in [-0.39, 0.29) is 41.0 Å². The molecule has 324 valence electrons. The van der Waals surface area contributed by atoms with Crippen molar-refractivity contribution >= 4 is 17.1 Å². The largest absolute Gasteiger partial charge is 0.311 e. The summed E-state index contributed by atoms with van der Waals surface area (Å²) in [6.45, 7) is 0. The fraction of sp³-hybridized carbons (Fsp3) is 0.0294. The molecule has 1 heteroatoms. The third-order valence-corrected chi connectivity index (χ3v) is 13.9. The van der Waals surface area contributed by atoms with Crippen molar-refractivity contribution in [3.8, 4) is 44.5 Å². The maximum Gasteiger partial charge on any atom is 0.0713 e. The Bertz CT molecular complexity index is 4210. The number of benzene rings is 11. The lowest BCUT2D eigenvalue weighted by atomic mass is 9.67. The molecule has 0 amide bonds. The molecule has 0 fully saturated rings. The number of hydrogen-bond acceptors (Lipinski definition) is 1. The van der Waals surface area contributed by atoms with Gasteiger partial charge >= 0.3 is 0 Å². The second-order valence-electron chi connectivity index (χ2n) is 17.2. The molecule has 2 unspecified atom stereocenters. The summed E-state index contributed by atoms with van der Waals surface area (Å²) in [6, 6.07) is 56.2. The molecule has 0 aliphatic heterocycles. The summed E-state index contributed by atoms with van der Waals surface area (Å²) in [6.07, 6.45) is 0. The molecule has 13 rings (SSSR count). The summed E-state index contributed by atoms with van der Waals surface area (Å²) in [5.41, 5.74) is 10.4. The van der Waals surface area contributed by atoms with Crippen molar-refractivity contribution in [1.82, 2.24) is 0 Å². The van der Waals surface area contributed by atoms with E-state index >= 15 is 0 Å². The van der Waals surface area contributed by atoms with Crippen molar-refractivity contribution in [3.05, 3.63) is 329 Å². The molecule has 0 spiro atoms. The van der Waals surface area contributed by atoms with Crippen LogP contribution in [-0.4, -0.2) is 0 Å². The zero-order chi connectivity index (χ0) is 58.8. The van der Waals surface area contributed by atoms with E-state index in [1.54, 1.807) is 17.0 Å². The Morgan fingerprint density at radius 1 is 0.261 bits per heavy atom. The number of para-hydroxylation sites is 1. The van der Waals surface area contributed by atoms with E-state index in [0.29, 0.717) is 22.5 Å². The van der Waals surface area contributed by atoms with Gasteiger partial charge in [0, 0.05) is 17.1 Å². The summed E-state index contributed by atoms with van der Waals surface area (Å²) in [7, 11) is 0. The third-order valence-electron chi connectivity index (χ3n) is 13.9. The predicted octanol–water partition coefficient (Wildman–Crippen LogP) is 17.2. The van der Waals surface area contributed by atoms with Crippen LogP contribution < -0.4 is 4.90 Å². The quantitative estimate of drug-likeness (QED) is 0.140. The highest BCUT2D eigenvalue weighted by Crippen LogP contribution is 2.59. The van der Waals surface area contributed by atoms with Gasteiger partial charge in [-0.05, 0) is 137 Å². The Hall–Kier alpha value is -8.78. The van der Waals surface area contributed by atoms with Gasteiger partial charge in [0.15, 0.2) is 0 Å². The van der Waals surface area contributed by atoms with E-state index in [1.165, 1.54) is 0 Å². The van der Waals surface area contributed by atoms with Gasteiger partial charge in [0.2, 0.25) is 0 Å². The Morgan fingerprint density at radius 3 is 1.03 bits per heavy atom. The zero-order valence-corrected chi connectivity index (χ0v) is 36.9. The minimum atomic E-state index is -1.04. The van der Waals surface area contributed by atoms with Crippen molar-refractivity contribution in [3.63, 3.8) is 0 Å². The van der Waals surface area contributed by atoms with E-state index in [0.717, 1.165) is 66.8 Å². The molecule has 2 aliphatic carbocycles. The molecule has 0 aromatic heterocycles. The van der Waals surface area contributed by atoms with Crippen molar-refractivity contribution in [1.29, 1.82) is 0 Å².